The summed E-state index contributed by atoms with van der Waals surface area (Å²) in [5, 5.41) is 21.6. The number of nitriles is 1. The number of rotatable bonds is 3. The number of aromatic amines is 1. The van der Waals surface area contributed by atoms with Gasteiger partial charge in [-0.1, -0.05) is 12.1 Å². The van der Waals surface area contributed by atoms with Gasteiger partial charge in [0.1, 0.15) is 11.6 Å². The van der Waals surface area contributed by atoms with Crippen LogP contribution in [0.25, 0.3) is 22.0 Å². The Kier molecular flexibility index (Phi) is 4.74. The number of amides is 2. The molecule has 148 valence electrons. The molecule has 4 rings (SSSR count). The smallest absolute Gasteiger partial charge is 0.324 e. The third kappa shape index (κ3) is 3.49. The predicted octanol–water partition coefficient (Wildman–Crippen LogP) is 4.17. The summed E-state index contributed by atoms with van der Waals surface area (Å²) in [5.74, 6) is -0.0160. The van der Waals surface area contributed by atoms with Crippen LogP contribution in [-0.4, -0.2) is 21.2 Å². The highest BCUT2D eigenvalue weighted by Crippen LogP contribution is 2.31. The van der Waals surface area contributed by atoms with Crippen molar-refractivity contribution in [3.63, 3.8) is 0 Å². The molecule has 9 heteroatoms. The maximum absolute atomic E-state index is 14.1. The van der Waals surface area contributed by atoms with Gasteiger partial charge in [0.2, 0.25) is 0 Å². The highest BCUT2D eigenvalue weighted by atomic mass is 19.1. The number of urea groups is 1. The molecule has 0 saturated heterocycles. The molecule has 2 amide bonds. The number of pyridine rings is 1. The van der Waals surface area contributed by atoms with Gasteiger partial charge in [0, 0.05) is 11.8 Å². The van der Waals surface area contributed by atoms with Crippen LogP contribution < -0.4 is 16.4 Å². The van der Waals surface area contributed by atoms with Gasteiger partial charge < -0.3 is 11.1 Å². The van der Waals surface area contributed by atoms with Crippen molar-refractivity contribution in [2.75, 3.05) is 16.4 Å². The second-order valence-electron chi connectivity index (χ2n) is 6.61. The Morgan fingerprint density at radius 2 is 2.07 bits per heavy atom. The van der Waals surface area contributed by atoms with Crippen LogP contribution in [0, 0.1) is 24.1 Å². The summed E-state index contributed by atoms with van der Waals surface area (Å²) in [6.45, 7) is 1.66. The van der Waals surface area contributed by atoms with E-state index in [1.165, 1.54) is 6.07 Å². The zero-order valence-corrected chi connectivity index (χ0v) is 15.8. The first-order valence-electron chi connectivity index (χ1n) is 8.93. The van der Waals surface area contributed by atoms with E-state index >= 15 is 0 Å². The number of H-pyrrole nitrogens is 1. The van der Waals surface area contributed by atoms with Crippen molar-refractivity contribution < 1.29 is 9.18 Å². The average molecular weight is 401 g/mol. The maximum Gasteiger partial charge on any atom is 0.324 e. The summed E-state index contributed by atoms with van der Waals surface area (Å²) in [6.07, 6.45) is 1.60. The Bertz CT molecular complexity index is 1310. The van der Waals surface area contributed by atoms with Gasteiger partial charge in [0.15, 0.2) is 5.82 Å². The first-order chi connectivity index (χ1) is 14.5. The van der Waals surface area contributed by atoms with Crippen LogP contribution in [0.3, 0.4) is 0 Å². The third-order valence-corrected chi connectivity index (χ3v) is 4.62. The standard InChI is InChI=1S/C21H16FN7O/c1-11-7-17(15(22)8-13(11)9-23)26-21(30)27-18-6-5-12(10-25-18)14-3-2-4-16-19(14)20(24)29-28-16/h2-8,10H,1H3,(H3,24,28,29)(H2,25,26,27,30). The van der Waals surface area contributed by atoms with Gasteiger partial charge in [-0.2, -0.15) is 10.4 Å². The van der Waals surface area contributed by atoms with Crippen molar-refractivity contribution in [1.82, 2.24) is 15.2 Å². The molecule has 0 saturated carbocycles. The first kappa shape index (κ1) is 18.9. The zero-order chi connectivity index (χ0) is 21.3. The molecule has 0 unspecified atom stereocenters. The lowest BCUT2D eigenvalue weighted by atomic mass is 10.0. The van der Waals surface area contributed by atoms with Crippen LogP contribution in [0.2, 0.25) is 0 Å². The number of benzene rings is 2. The molecule has 0 aliphatic carbocycles. The molecule has 8 nitrogen and oxygen atoms in total. The van der Waals surface area contributed by atoms with E-state index in [0.717, 1.165) is 28.1 Å². The van der Waals surface area contributed by atoms with Crippen molar-refractivity contribution >= 4 is 34.3 Å². The minimum absolute atomic E-state index is 0.0252. The molecule has 0 radical (unpaired) electrons. The minimum atomic E-state index is -0.693. The van der Waals surface area contributed by atoms with Gasteiger partial charge in [-0.3, -0.25) is 10.4 Å². The summed E-state index contributed by atoms with van der Waals surface area (Å²) in [5.41, 5.74) is 9.16. The van der Waals surface area contributed by atoms with Gasteiger partial charge in [-0.25, -0.2) is 14.2 Å². The molecule has 0 spiro atoms. The number of aromatic nitrogens is 3. The van der Waals surface area contributed by atoms with Gasteiger partial charge in [0.05, 0.1) is 28.2 Å². The Hall–Kier alpha value is -4.45. The molecule has 4 aromatic rings. The number of halogens is 1. The van der Waals surface area contributed by atoms with Crippen molar-refractivity contribution in [1.29, 1.82) is 5.26 Å². The minimum Gasteiger partial charge on any atom is -0.382 e. The van der Waals surface area contributed by atoms with E-state index in [-0.39, 0.29) is 17.1 Å². The number of nitrogens with two attached hydrogens (primary N) is 1. The number of carbonyl (C=O) groups is 1. The lowest BCUT2D eigenvalue weighted by Gasteiger charge is -2.10. The highest BCUT2D eigenvalue weighted by Gasteiger charge is 2.12. The fourth-order valence-corrected chi connectivity index (χ4v) is 3.13. The Morgan fingerprint density at radius 1 is 1.23 bits per heavy atom. The van der Waals surface area contributed by atoms with Gasteiger partial charge >= 0.3 is 6.03 Å². The SMILES string of the molecule is Cc1cc(NC(=O)Nc2ccc(-c3cccc4[nH]nc(N)c34)cn2)c(F)cc1C#N. The first-order valence-corrected chi connectivity index (χ1v) is 8.93. The molecule has 2 aromatic carbocycles. The van der Waals surface area contributed by atoms with Crippen LogP contribution in [0.15, 0.2) is 48.7 Å². The molecule has 30 heavy (non-hydrogen) atoms. The third-order valence-electron chi connectivity index (χ3n) is 4.62. The van der Waals surface area contributed by atoms with Crippen LogP contribution in [0.4, 0.5) is 26.5 Å². The maximum atomic E-state index is 14.1. The quantitative estimate of drug-likeness (QED) is 0.409. The van der Waals surface area contributed by atoms with E-state index in [1.54, 1.807) is 25.3 Å². The zero-order valence-electron chi connectivity index (χ0n) is 15.8. The molecular weight excluding hydrogens is 385 g/mol. The van der Waals surface area contributed by atoms with Crippen LogP contribution >= 0.6 is 0 Å². The molecule has 0 atom stereocenters. The summed E-state index contributed by atoms with van der Waals surface area (Å²) >= 11 is 0. The summed E-state index contributed by atoms with van der Waals surface area (Å²) in [6, 6.07) is 12.8. The van der Waals surface area contributed by atoms with Crippen molar-refractivity contribution in [3.05, 3.63) is 65.6 Å². The largest absolute Gasteiger partial charge is 0.382 e. The average Bonchev–Trinajstić information content (AvgIpc) is 3.12. The number of nitrogen functional groups attached to an aromatic ring is 1. The number of nitrogens with zero attached hydrogens (tertiary/aromatic N) is 3. The van der Waals surface area contributed by atoms with Crippen molar-refractivity contribution in [2.24, 2.45) is 0 Å². The van der Waals surface area contributed by atoms with E-state index in [4.69, 9.17) is 11.0 Å². The molecule has 5 N–H and O–H groups in total. The van der Waals surface area contributed by atoms with Crippen LogP contribution in [0.1, 0.15) is 11.1 Å². The molecular formula is C21H16FN7O. The lowest BCUT2D eigenvalue weighted by molar-refractivity contribution is 0.262. The van der Waals surface area contributed by atoms with Crippen LogP contribution in [-0.2, 0) is 0 Å². The normalized spacial score (nSPS) is 10.6. The molecule has 2 heterocycles. The second kappa shape index (κ2) is 7.52. The molecule has 0 aliphatic rings. The number of hydrogen-bond acceptors (Lipinski definition) is 5. The number of carbonyl (C=O) groups excluding carboxylic acids is 1. The van der Waals surface area contributed by atoms with E-state index in [0.29, 0.717) is 11.4 Å². The fraction of sp³-hybridized carbons (Fsp3) is 0.0476. The van der Waals surface area contributed by atoms with Crippen LogP contribution in [0.5, 0.6) is 0 Å². The van der Waals surface area contributed by atoms with Crippen molar-refractivity contribution in [3.8, 4) is 17.2 Å². The number of hydrogen-bond donors (Lipinski definition) is 4. The molecule has 0 bridgehead atoms. The molecule has 2 aromatic heterocycles. The van der Waals surface area contributed by atoms with E-state index < -0.39 is 11.8 Å². The topological polar surface area (TPSA) is 133 Å². The lowest BCUT2D eigenvalue weighted by Crippen LogP contribution is -2.21. The molecule has 0 aliphatic heterocycles. The van der Waals surface area contributed by atoms with Crippen molar-refractivity contribution in [2.45, 2.75) is 6.92 Å². The van der Waals surface area contributed by atoms with Gasteiger partial charge in [-0.15, -0.1) is 0 Å². The predicted molar refractivity (Wildman–Crippen MR) is 112 cm³/mol. The monoisotopic (exact) mass is 401 g/mol. The fourth-order valence-electron chi connectivity index (χ4n) is 3.13. The van der Waals surface area contributed by atoms with E-state index in [9.17, 15) is 9.18 Å². The Labute approximate surface area is 170 Å². The number of anilines is 3. The number of fused-ring (bicyclic) bond motifs is 1. The Morgan fingerprint density at radius 3 is 2.80 bits per heavy atom. The number of aryl methyl sites for hydroxylation is 1. The summed E-state index contributed by atoms with van der Waals surface area (Å²) in [4.78, 5) is 16.5. The van der Waals surface area contributed by atoms with Gasteiger partial charge in [-0.05, 0) is 48.4 Å². The highest BCUT2D eigenvalue weighted by molar-refractivity contribution is 6.02. The second-order valence-corrected chi connectivity index (χ2v) is 6.61. The van der Waals surface area contributed by atoms with E-state index in [1.807, 2.05) is 24.3 Å². The summed E-state index contributed by atoms with van der Waals surface area (Å²) < 4.78 is 14.1. The van der Waals surface area contributed by atoms with Gasteiger partial charge in [0.25, 0.3) is 0 Å². The molecule has 0 fully saturated rings. The van der Waals surface area contributed by atoms with E-state index in [2.05, 4.69) is 25.8 Å². The Balaban J connectivity index is 1.51. The number of nitrogens with one attached hydrogen (secondary N) is 3. The summed E-state index contributed by atoms with van der Waals surface area (Å²) in [7, 11) is 0.